The summed E-state index contributed by atoms with van der Waals surface area (Å²) in [7, 11) is 1.40. The lowest BCUT2D eigenvalue weighted by Crippen LogP contribution is -2.51. The minimum Gasteiger partial charge on any atom is -0.493 e. The summed E-state index contributed by atoms with van der Waals surface area (Å²) in [5.41, 5.74) is 5.29. The van der Waals surface area contributed by atoms with Crippen LogP contribution in [0.2, 0.25) is 0 Å². The van der Waals surface area contributed by atoms with E-state index in [4.69, 9.17) is 15.2 Å². The van der Waals surface area contributed by atoms with Crippen LogP contribution in [0.3, 0.4) is 0 Å². The number of benzene rings is 1. The molecule has 1 aliphatic heterocycles. The highest BCUT2D eigenvalue weighted by Gasteiger charge is 2.27. The number of halogens is 1. The molecule has 0 spiro atoms. The van der Waals surface area contributed by atoms with Crippen molar-refractivity contribution in [3.63, 3.8) is 0 Å². The number of nitrogens with two attached hydrogens (primary N) is 1. The molecular formula is C14H12IN3O6. The van der Waals surface area contributed by atoms with Gasteiger partial charge in [-0.1, -0.05) is 0 Å². The minimum absolute atomic E-state index is 0.224. The quantitative estimate of drug-likeness (QED) is 0.329. The van der Waals surface area contributed by atoms with Crippen molar-refractivity contribution in [1.29, 1.82) is 0 Å². The Bertz CT molecular complexity index is 752. The van der Waals surface area contributed by atoms with Gasteiger partial charge >= 0.3 is 6.03 Å². The maximum absolute atomic E-state index is 11.7. The summed E-state index contributed by atoms with van der Waals surface area (Å²) < 4.78 is 11.1. The predicted octanol–water partition coefficient (Wildman–Crippen LogP) is -0.0867. The Hall–Kier alpha value is -2.63. The number of nitrogens with one attached hydrogen (secondary N) is 2. The summed E-state index contributed by atoms with van der Waals surface area (Å²) in [6.07, 6.45) is 1.31. The van der Waals surface area contributed by atoms with Gasteiger partial charge in [-0.2, -0.15) is 0 Å². The van der Waals surface area contributed by atoms with Crippen molar-refractivity contribution in [2.45, 2.75) is 0 Å². The van der Waals surface area contributed by atoms with E-state index in [-0.39, 0.29) is 12.2 Å². The number of imide groups is 2. The maximum Gasteiger partial charge on any atom is 0.328 e. The van der Waals surface area contributed by atoms with Gasteiger partial charge in [0.15, 0.2) is 18.1 Å². The average Bonchev–Trinajstić information content (AvgIpc) is 2.49. The predicted molar refractivity (Wildman–Crippen MR) is 90.1 cm³/mol. The average molecular weight is 445 g/mol. The molecule has 24 heavy (non-hydrogen) atoms. The summed E-state index contributed by atoms with van der Waals surface area (Å²) in [6, 6.07) is 2.26. The molecule has 5 amide bonds. The third-order valence-electron chi connectivity index (χ3n) is 2.86. The smallest absolute Gasteiger partial charge is 0.328 e. The van der Waals surface area contributed by atoms with Crippen LogP contribution in [0, 0.1) is 3.57 Å². The first-order valence-corrected chi connectivity index (χ1v) is 7.56. The van der Waals surface area contributed by atoms with Crippen LogP contribution in [0.4, 0.5) is 4.79 Å². The standard InChI is InChI=1S/C14H12IN3O6/c1-23-9-4-6(3-8(15)11(9)24-5-10(16)19)2-7-12(20)17-14(22)18-13(7)21/h2-4H,5H2,1H3,(H2,16,19)(H2,17,18,20,21,22). The monoisotopic (exact) mass is 445 g/mol. The van der Waals surface area contributed by atoms with Crippen molar-refractivity contribution in [3.05, 3.63) is 26.8 Å². The Balaban J connectivity index is 2.38. The first kappa shape index (κ1) is 17.7. The van der Waals surface area contributed by atoms with Crippen molar-refractivity contribution in [2.75, 3.05) is 13.7 Å². The van der Waals surface area contributed by atoms with Crippen LogP contribution >= 0.6 is 22.6 Å². The van der Waals surface area contributed by atoms with Crippen LogP contribution in [-0.2, 0) is 14.4 Å². The maximum atomic E-state index is 11.7. The van der Waals surface area contributed by atoms with E-state index >= 15 is 0 Å². The van der Waals surface area contributed by atoms with Gasteiger partial charge in [-0.3, -0.25) is 25.0 Å². The lowest BCUT2D eigenvalue weighted by molar-refractivity contribution is -0.124. The number of carbonyl (C=O) groups excluding carboxylic acids is 4. The van der Waals surface area contributed by atoms with Crippen molar-refractivity contribution in [3.8, 4) is 11.5 Å². The van der Waals surface area contributed by atoms with E-state index in [1.165, 1.54) is 19.3 Å². The molecule has 0 radical (unpaired) electrons. The van der Waals surface area contributed by atoms with Crippen molar-refractivity contribution in [1.82, 2.24) is 10.6 Å². The number of barbiturate groups is 1. The number of methoxy groups -OCH3 is 1. The van der Waals surface area contributed by atoms with E-state index in [1.54, 1.807) is 6.07 Å². The highest BCUT2D eigenvalue weighted by molar-refractivity contribution is 14.1. The fraction of sp³-hybridized carbons (Fsp3) is 0.143. The van der Waals surface area contributed by atoms with Crippen LogP contribution in [0.25, 0.3) is 6.08 Å². The second-order valence-corrected chi connectivity index (χ2v) is 5.75. The van der Waals surface area contributed by atoms with Crippen molar-refractivity contribution in [2.24, 2.45) is 5.73 Å². The Kier molecular flexibility index (Phi) is 5.39. The number of primary amides is 1. The van der Waals surface area contributed by atoms with Crippen molar-refractivity contribution >= 4 is 52.4 Å². The Labute approximate surface area is 149 Å². The fourth-order valence-electron chi connectivity index (χ4n) is 1.88. The molecule has 1 aromatic carbocycles. The topological polar surface area (TPSA) is 137 Å². The first-order valence-electron chi connectivity index (χ1n) is 6.48. The van der Waals surface area contributed by atoms with Gasteiger partial charge in [0.2, 0.25) is 0 Å². The zero-order valence-electron chi connectivity index (χ0n) is 12.3. The van der Waals surface area contributed by atoms with Gasteiger partial charge in [0, 0.05) is 0 Å². The zero-order valence-corrected chi connectivity index (χ0v) is 14.5. The highest BCUT2D eigenvalue weighted by atomic mass is 127. The van der Waals surface area contributed by atoms with Crippen LogP contribution in [0.15, 0.2) is 17.7 Å². The largest absolute Gasteiger partial charge is 0.493 e. The summed E-state index contributed by atoms with van der Waals surface area (Å²) in [4.78, 5) is 45.3. The summed E-state index contributed by atoms with van der Waals surface area (Å²) >= 11 is 1.95. The summed E-state index contributed by atoms with van der Waals surface area (Å²) in [6.45, 7) is -0.320. The second-order valence-electron chi connectivity index (χ2n) is 4.58. The zero-order chi connectivity index (χ0) is 17.9. The van der Waals surface area contributed by atoms with Crippen LogP contribution in [0.5, 0.6) is 11.5 Å². The van der Waals surface area contributed by atoms with Gasteiger partial charge in [0.05, 0.1) is 10.7 Å². The van der Waals surface area contributed by atoms with Gasteiger partial charge < -0.3 is 15.2 Å². The van der Waals surface area contributed by atoms with Gasteiger partial charge in [0.25, 0.3) is 17.7 Å². The Morgan fingerprint density at radius 2 is 1.88 bits per heavy atom. The molecular weight excluding hydrogens is 433 g/mol. The molecule has 4 N–H and O–H groups in total. The normalized spacial score (nSPS) is 13.9. The number of ether oxygens (including phenoxy) is 2. The molecule has 1 fully saturated rings. The number of amides is 5. The SMILES string of the molecule is COc1cc(C=C2C(=O)NC(=O)NC2=O)cc(I)c1OCC(N)=O. The molecule has 9 nitrogen and oxygen atoms in total. The second kappa shape index (κ2) is 7.29. The van der Waals surface area contributed by atoms with Gasteiger partial charge in [-0.25, -0.2) is 4.79 Å². The molecule has 10 heteroatoms. The Morgan fingerprint density at radius 3 is 2.42 bits per heavy atom. The lowest BCUT2D eigenvalue weighted by atomic mass is 10.1. The third kappa shape index (κ3) is 4.01. The molecule has 0 unspecified atom stereocenters. The van der Waals surface area contributed by atoms with Crippen molar-refractivity contribution < 1.29 is 28.7 Å². The molecule has 0 atom stereocenters. The fourth-order valence-corrected chi connectivity index (χ4v) is 2.66. The summed E-state index contributed by atoms with van der Waals surface area (Å²) in [5, 5.41) is 3.96. The number of urea groups is 1. The van der Waals surface area contributed by atoms with E-state index in [1.807, 2.05) is 33.2 Å². The minimum atomic E-state index is -0.871. The molecule has 0 aromatic heterocycles. The molecule has 1 heterocycles. The molecule has 2 rings (SSSR count). The molecule has 0 saturated carbocycles. The number of hydrogen-bond acceptors (Lipinski definition) is 6. The van der Waals surface area contributed by atoms with Crippen LogP contribution in [0.1, 0.15) is 5.56 Å². The lowest BCUT2D eigenvalue weighted by Gasteiger charge is -2.15. The van der Waals surface area contributed by atoms with E-state index < -0.39 is 23.8 Å². The molecule has 126 valence electrons. The molecule has 0 bridgehead atoms. The molecule has 1 saturated heterocycles. The molecule has 0 aliphatic carbocycles. The first-order chi connectivity index (χ1) is 11.3. The van der Waals surface area contributed by atoms with E-state index in [0.717, 1.165) is 0 Å². The third-order valence-corrected chi connectivity index (χ3v) is 3.67. The van der Waals surface area contributed by atoms with Gasteiger partial charge in [0.1, 0.15) is 5.57 Å². The highest BCUT2D eigenvalue weighted by Crippen LogP contribution is 2.34. The van der Waals surface area contributed by atoms with Crippen LogP contribution < -0.4 is 25.8 Å². The molecule has 1 aromatic rings. The number of rotatable bonds is 5. The van der Waals surface area contributed by atoms with Gasteiger partial charge in [-0.15, -0.1) is 0 Å². The number of carbonyl (C=O) groups is 4. The van der Waals surface area contributed by atoms with E-state index in [9.17, 15) is 19.2 Å². The number of hydrogen-bond donors (Lipinski definition) is 3. The molecule has 1 aliphatic rings. The van der Waals surface area contributed by atoms with E-state index in [0.29, 0.717) is 20.6 Å². The van der Waals surface area contributed by atoms with Gasteiger partial charge in [-0.05, 0) is 46.4 Å². The van der Waals surface area contributed by atoms with Crippen LogP contribution in [-0.4, -0.2) is 37.5 Å². The summed E-state index contributed by atoms with van der Waals surface area (Å²) in [5.74, 6) is -1.63. The van der Waals surface area contributed by atoms with E-state index in [2.05, 4.69) is 0 Å². The Morgan fingerprint density at radius 1 is 1.25 bits per heavy atom.